The lowest BCUT2D eigenvalue weighted by Gasteiger charge is -2.29. The van der Waals surface area contributed by atoms with Crippen molar-refractivity contribution in [2.75, 3.05) is 25.0 Å². The molecular formula is C20H21FN4O2. The van der Waals surface area contributed by atoms with Gasteiger partial charge in [0.25, 0.3) is 0 Å². The number of likely N-dealkylation sites (N-methyl/N-ethyl adjacent to an activating group) is 1. The van der Waals surface area contributed by atoms with Crippen molar-refractivity contribution in [3.63, 3.8) is 0 Å². The van der Waals surface area contributed by atoms with Crippen LogP contribution in [0, 0.1) is 17.1 Å². The number of hydrogen-bond donors (Lipinski definition) is 1. The Labute approximate surface area is 157 Å². The van der Waals surface area contributed by atoms with E-state index in [9.17, 15) is 14.0 Å². The molecule has 0 radical (unpaired) electrons. The highest BCUT2D eigenvalue weighted by Gasteiger charge is 2.27. The van der Waals surface area contributed by atoms with Crippen molar-refractivity contribution in [2.45, 2.75) is 12.5 Å². The summed E-state index contributed by atoms with van der Waals surface area (Å²) in [5.41, 5.74) is 6.53. The van der Waals surface area contributed by atoms with Crippen LogP contribution in [0.4, 0.5) is 10.1 Å². The maximum Gasteiger partial charge on any atom is 0.241 e. The molecule has 0 bridgehead atoms. The Hall–Kier alpha value is -3.24. The van der Waals surface area contributed by atoms with Crippen molar-refractivity contribution in [1.29, 1.82) is 5.26 Å². The van der Waals surface area contributed by atoms with E-state index < -0.39 is 17.8 Å². The first-order chi connectivity index (χ1) is 12.9. The monoisotopic (exact) mass is 368 g/mol. The number of primary amides is 1. The predicted octanol–water partition coefficient (Wildman–Crippen LogP) is 2.23. The predicted molar refractivity (Wildman–Crippen MR) is 100.0 cm³/mol. The van der Waals surface area contributed by atoms with Gasteiger partial charge in [0.1, 0.15) is 11.9 Å². The van der Waals surface area contributed by atoms with Gasteiger partial charge in [-0.05, 0) is 36.9 Å². The molecule has 6 nitrogen and oxygen atoms in total. The van der Waals surface area contributed by atoms with Gasteiger partial charge in [-0.1, -0.05) is 30.3 Å². The molecule has 7 heteroatoms. The van der Waals surface area contributed by atoms with Crippen molar-refractivity contribution >= 4 is 17.5 Å². The SMILES string of the molecule is CN(CC(=O)N(CCC#N)c1ccccc1)[C@@H](C(N)=O)c1cccc(F)c1. The van der Waals surface area contributed by atoms with Gasteiger partial charge in [0, 0.05) is 12.2 Å². The summed E-state index contributed by atoms with van der Waals surface area (Å²) in [6.07, 6.45) is 0.174. The van der Waals surface area contributed by atoms with Crippen molar-refractivity contribution in [3.05, 3.63) is 66.0 Å². The molecule has 0 aliphatic carbocycles. The van der Waals surface area contributed by atoms with Crippen LogP contribution in [-0.2, 0) is 9.59 Å². The minimum atomic E-state index is -0.946. The standard InChI is InChI=1S/C20H21FN4O2/c1-24(19(20(23)27)15-7-5-8-16(21)13-15)14-18(26)25(12-6-11-22)17-9-3-2-4-10-17/h2-5,7-10,13,19H,6,12,14H2,1H3,(H2,23,27)/t19-/m1/s1. The van der Waals surface area contributed by atoms with Gasteiger partial charge in [0.05, 0.1) is 19.0 Å². The van der Waals surface area contributed by atoms with E-state index in [1.807, 2.05) is 12.1 Å². The van der Waals surface area contributed by atoms with Crippen LogP contribution in [0.5, 0.6) is 0 Å². The molecule has 27 heavy (non-hydrogen) atoms. The fourth-order valence-corrected chi connectivity index (χ4v) is 2.87. The Kier molecular flexibility index (Phi) is 7.03. The highest BCUT2D eigenvalue weighted by molar-refractivity contribution is 5.95. The summed E-state index contributed by atoms with van der Waals surface area (Å²) in [7, 11) is 1.58. The zero-order valence-electron chi connectivity index (χ0n) is 15.0. The summed E-state index contributed by atoms with van der Waals surface area (Å²) >= 11 is 0. The molecule has 0 spiro atoms. The maximum atomic E-state index is 13.5. The fourth-order valence-electron chi connectivity index (χ4n) is 2.87. The fraction of sp³-hybridized carbons (Fsp3) is 0.250. The van der Waals surface area contributed by atoms with Crippen LogP contribution >= 0.6 is 0 Å². The number of nitrogens with zero attached hydrogens (tertiary/aromatic N) is 3. The lowest BCUT2D eigenvalue weighted by Crippen LogP contribution is -2.44. The summed E-state index contributed by atoms with van der Waals surface area (Å²) < 4.78 is 13.5. The van der Waals surface area contributed by atoms with Crippen LogP contribution in [0.15, 0.2) is 54.6 Å². The molecule has 2 amide bonds. The number of carbonyl (C=O) groups is 2. The van der Waals surface area contributed by atoms with Crippen molar-refractivity contribution < 1.29 is 14.0 Å². The number of para-hydroxylation sites is 1. The number of rotatable bonds is 8. The van der Waals surface area contributed by atoms with E-state index in [0.29, 0.717) is 11.3 Å². The van der Waals surface area contributed by atoms with Crippen LogP contribution < -0.4 is 10.6 Å². The third kappa shape index (κ3) is 5.36. The molecule has 0 aliphatic rings. The second kappa shape index (κ2) is 9.46. The van der Waals surface area contributed by atoms with Crippen LogP contribution in [-0.4, -0.2) is 36.9 Å². The summed E-state index contributed by atoms with van der Waals surface area (Å²) in [5, 5.41) is 8.87. The molecule has 0 saturated carbocycles. The number of hydrogen-bond acceptors (Lipinski definition) is 4. The highest BCUT2D eigenvalue weighted by Crippen LogP contribution is 2.21. The van der Waals surface area contributed by atoms with Gasteiger partial charge >= 0.3 is 0 Å². The maximum absolute atomic E-state index is 13.5. The first-order valence-electron chi connectivity index (χ1n) is 8.41. The number of amides is 2. The summed E-state index contributed by atoms with van der Waals surface area (Å²) in [5.74, 6) is -1.46. The number of nitriles is 1. The Morgan fingerprint density at radius 2 is 1.89 bits per heavy atom. The number of anilines is 1. The van der Waals surface area contributed by atoms with E-state index in [1.165, 1.54) is 28.0 Å². The molecule has 0 unspecified atom stereocenters. The molecule has 0 aliphatic heterocycles. The highest BCUT2D eigenvalue weighted by atomic mass is 19.1. The number of halogens is 1. The first-order valence-corrected chi connectivity index (χ1v) is 8.41. The smallest absolute Gasteiger partial charge is 0.241 e. The largest absolute Gasteiger partial charge is 0.368 e. The Bertz CT molecular complexity index is 835. The van der Waals surface area contributed by atoms with Gasteiger partial charge in [-0.3, -0.25) is 14.5 Å². The van der Waals surface area contributed by atoms with Gasteiger partial charge < -0.3 is 10.6 Å². The Morgan fingerprint density at radius 3 is 2.48 bits per heavy atom. The van der Waals surface area contributed by atoms with E-state index in [-0.39, 0.29) is 25.4 Å². The summed E-state index contributed by atoms with van der Waals surface area (Å²) in [6.45, 7) is 0.110. The van der Waals surface area contributed by atoms with Crippen LogP contribution in [0.2, 0.25) is 0 Å². The van der Waals surface area contributed by atoms with Crippen molar-refractivity contribution in [1.82, 2.24) is 4.90 Å². The van der Waals surface area contributed by atoms with Gasteiger partial charge in [-0.2, -0.15) is 5.26 Å². The van der Waals surface area contributed by atoms with E-state index in [0.717, 1.165) is 0 Å². The topological polar surface area (TPSA) is 90.4 Å². The second-order valence-electron chi connectivity index (χ2n) is 6.06. The third-order valence-electron chi connectivity index (χ3n) is 4.08. The first kappa shape index (κ1) is 20.1. The molecule has 140 valence electrons. The average molecular weight is 368 g/mol. The molecule has 2 aromatic carbocycles. The van der Waals surface area contributed by atoms with Crippen LogP contribution in [0.1, 0.15) is 18.0 Å². The van der Waals surface area contributed by atoms with Gasteiger partial charge in [-0.25, -0.2) is 4.39 Å². The average Bonchev–Trinajstić information content (AvgIpc) is 2.62. The zero-order chi connectivity index (χ0) is 19.8. The van der Waals surface area contributed by atoms with Crippen LogP contribution in [0.25, 0.3) is 0 Å². The molecule has 2 rings (SSSR count). The Morgan fingerprint density at radius 1 is 1.19 bits per heavy atom. The number of nitrogens with two attached hydrogens (primary N) is 1. The lowest BCUT2D eigenvalue weighted by atomic mass is 10.0. The van der Waals surface area contributed by atoms with E-state index in [4.69, 9.17) is 11.0 Å². The molecule has 2 N–H and O–H groups in total. The molecule has 2 aromatic rings. The quantitative estimate of drug-likeness (QED) is 0.774. The summed E-state index contributed by atoms with van der Waals surface area (Å²) in [4.78, 5) is 27.7. The molecule has 1 atom stereocenters. The minimum Gasteiger partial charge on any atom is -0.368 e. The minimum absolute atomic E-state index is 0.121. The third-order valence-corrected chi connectivity index (χ3v) is 4.08. The van der Waals surface area contributed by atoms with Crippen molar-refractivity contribution in [3.8, 4) is 6.07 Å². The second-order valence-corrected chi connectivity index (χ2v) is 6.06. The normalized spacial score (nSPS) is 11.6. The van der Waals surface area contributed by atoms with Gasteiger partial charge in [0.2, 0.25) is 11.8 Å². The zero-order valence-corrected chi connectivity index (χ0v) is 15.0. The number of carbonyl (C=O) groups excluding carboxylic acids is 2. The summed E-state index contributed by atoms with van der Waals surface area (Å²) in [6, 6.07) is 15.6. The van der Waals surface area contributed by atoms with E-state index in [1.54, 1.807) is 37.4 Å². The van der Waals surface area contributed by atoms with E-state index in [2.05, 4.69) is 0 Å². The lowest BCUT2D eigenvalue weighted by molar-refractivity contribution is -0.125. The number of benzene rings is 2. The molecule has 0 heterocycles. The van der Waals surface area contributed by atoms with Crippen LogP contribution in [0.3, 0.4) is 0 Å². The van der Waals surface area contributed by atoms with Crippen molar-refractivity contribution in [2.24, 2.45) is 5.73 Å². The van der Waals surface area contributed by atoms with Gasteiger partial charge in [-0.15, -0.1) is 0 Å². The Balaban J connectivity index is 2.21. The molecular weight excluding hydrogens is 347 g/mol. The molecule has 0 saturated heterocycles. The van der Waals surface area contributed by atoms with Gasteiger partial charge in [0.15, 0.2) is 0 Å². The molecule has 0 fully saturated rings. The molecule has 0 aromatic heterocycles. The van der Waals surface area contributed by atoms with E-state index >= 15 is 0 Å².